The topological polar surface area (TPSA) is 60.7 Å². The number of rotatable bonds is 15. The van der Waals surface area contributed by atoms with Crippen molar-refractivity contribution in [3.05, 3.63) is 276 Å². The van der Waals surface area contributed by atoms with Crippen LogP contribution in [0.2, 0.25) is 0 Å². The molecule has 0 aromatic heterocycles. The van der Waals surface area contributed by atoms with Crippen molar-refractivity contribution in [2.45, 2.75) is 33.9 Å². The first-order valence-corrected chi connectivity index (χ1v) is 23.1. The highest BCUT2D eigenvalue weighted by molar-refractivity contribution is 7.95. The van der Waals surface area contributed by atoms with Crippen LogP contribution >= 0.6 is 7.26 Å². The monoisotopic (exact) mass is 924 g/mol. The molecule has 6 aromatic rings. The van der Waals surface area contributed by atoms with Gasteiger partial charge in [-0.05, 0) is 117 Å². The lowest BCUT2D eigenvalue weighted by atomic mass is 10.1. The Balaban J connectivity index is 0.000000286. The van der Waals surface area contributed by atoms with E-state index in [1.54, 1.807) is 30.3 Å². The molecule has 0 aliphatic rings. The first kappa shape index (κ1) is 49.9. The van der Waals surface area contributed by atoms with Crippen molar-refractivity contribution < 1.29 is 32.3 Å². The van der Waals surface area contributed by atoms with Crippen molar-refractivity contribution in [3.8, 4) is 17.2 Å². The second-order valence-corrected chi connectivity index (χ2v) is 18.7. The van der Waals surface area contributed by atoms with E-state index in [9.17, 15) is 15.3 Å². The molecule has 5 heteroatoms. The Bertz CT molecular complexity index is 2450. The average Bonchev–Trinajstić information content (AvgIpc) is 3.29. The van der Waals surface area contributed by atoms with Crippen molar-refractivity contribution >= 4 is 35.3 Å². The van der Waals surface area contributed by atoms with Gasteiger partial charge in [0.15, 0.2) is 0 Å². The zero-order valence-corrected chi connectivity index (χ0v) is 39.5. The van der Waals surface area contributed by atoms with Crippen LogP contribution in [-0.4, -0.2) is 15.3 Å². The molecule has 0 bridgehead atoms. The second kappa shape index (κ2) is 26.7. The minimum Gasteiger partial charge on any atom is -1.00 e. The summed E-state index contributed by atoms with van der Waals surface area (Å²) in [4.78, 5) is 0. The van der Waals surface area contributed by atoms with Crippen LogP contribution in [0.3, 0.4) is 0 Å². The van der Waals surface area contributed by atoms with Crippen molar-refractivity contribution in [3.63, 3.8) is 0 Å². The maximum atomic E-state index is 10.0. The summed E-state index contributed by atoms with van der Waals surface area (Å²) in [6.07, 6.45) is 29.5. The molecule has 0 aliphatic heterocycles. The maximum Gasteiger partial charge on any atom is 0.116 e. The quantitative estimate of drug-likeness (QED) is 0.0710. The fraction of sp³-hybridized carbons (Fsp3) is 0.0847. The van der Waals surface area contributed by atoms with E-state index in [2.05, 4.69) is 147 Å². The first-order valence-electron chi connectivity index (χ1n) is 21.1. The molecule has 0 unspecified atom stereocenters. The van der Waals surface area contributed by atoms with Crippen LogP contribution < -0.4 is 32.9 Å². The number of allylic oxidation sites excluding steroid dienone is 16. The normalized spacial score (nSPS) is 12.9. The zero-order valence-electron chi connectivity index (χ0n) is 37.0. The standard InChI is InChI=1S/C34H36O2.C25H21OP.BrH/c1-27(13-7-15-29(3)21-23-31-17-9-19-33(35)25-31)11-5-6-12-28(2)14-8-16-30(4)22-24-32-18-10-20-34(36)26-32;26-22-12-10-11-21(19-22)20-27(23-13-4-1-5-14-23,24-15-6-2-7-16-24)25-17-8-3-9-18-25;/h5-26,35-36H,1-4H3;1-19H,20H2;1H/b6-5+,13-7+,14-8+,23-21+,24-22+,27-11+,28-12+,29-15+,30-16+;;. The summed E-state index contributed by atoms with van der Waals surface area (Å²) in [5.41, 5.74) is 7.67. The van der Waals surface area contributed by atoms with Crippen LogP contribution in [-0.2, 0) is 6.16 Å². The van der Waals surface area contributed by atoms with E-state index in [0.717, 1.165) is 45.1 Å². The fourth-order valence-corrected chi connectivity index (χ4v) is 11.0. The van der Waals surface area contributed by atoms with E-state index in [-0.39, 0.29) is 28.5 Å². The Morgan fingerprint density at radius 1 is 0.391 bits per heavy atom. The van der Waals surface area contributed by atoms with Gasteiger partial charge in [0, 0.05) is 0 Å². The lowest BCUT2D eigenvalue weighted by Crippen LogP contribution is -3.00. The highest BCUT2D eigenvalue weighted by atomic mass is 79.9. The molecule has 6 aromatic carbocycles. The van der Waals surface area contributed by atoms with Gasteiger partial charge in [-0.1, -0.05) is 198 Å². The van der Waals surface area contributed by atoms with Crippen molar-refractivity contribution in [1.29, 1.82) is 0 Å². The SMILES string of the molecule is CC(/C=C/C=C(C)/C=C/c1cccc(O)c1)=C\C=C\C=C(C)\C=C\C=C(C)\C=C\c1cccc(O)c1.Oc1cccc(C[P+](c2ccccc2)(c2ccccc2)c2ccccc2)c1.[Br-]. The lowest BCUT2D eigenvalue weighted by molar-refractivity contribution is -0.0000156. The van der Waals surface area contributed by atoms with Gasteiger partial charge in [0.1, 0.15) is 40.4 Å². The van der Waals surface area contributed by atoms with Gasteiger partial charge in [-0.25, -0.2) is 0 Å². The molecule has 0 saturated heterocycles. The predicted molar refractivity (Wildman–Crippen MR) is 274 cm³/mol. The van der Waals surface area contributed by atoms with E-state index in [1.165, 1.54) is 15.9 Å². The smallest absolute Gasteiger partial charge is 0.116 e. The molecule has 3 nitrogen and oxygen atoms in total. The van der Waals surface area contributed by atoms with Gasteiger partial charge in [0.05, 0.1) is 6.16 Å². The highest BCUT2D eigenvalue weighted by Gasteiger charge is 2.45. The Labute approximate surface area is 392 Å². The van der Waals surface area contributed by atoms with Crippen LogP contribution in [0.1, 0.15) is 44.4 Å². The van der Waals surface area contributed by atoms with Gasteiger partial charge in [0.25, 0.3) is 0 Å². The molecule has 324 valence electrons. The molecule has 0 saturated carbocycles. The summed E-state index contributed by atoms with van der Waals surface area (Å²) in [5.74, 6) is 0.867. The van der Waals surface area contributed by atoms with Gasteiger partial charge in [-0.15, -0.1) is 0 Å². The summed E-state index contributed by atoms with van der Waals surface area (Å²) in [5, 5.41) is 33.1. The third-order valence-electron chi connectivity index (χ3n) is 10.0. The van der Waals surface area contributed by atoms with Crippen LogP contribution in [0.25, 0.3) is 12.2 Å². The van der Waals surface area contributed by atoms with Gasteiger partial charge >= 0.3 is 0 Å². The number of benzene rings is 6. The molecule has 6 rings (SSSR count). The third-order valence-corrected chi connectivity index (χ3v) is 14.4. The number of halogens is 1. The van der Waals surface area contributed by atoms with Crippen molar-refractivity contribution in [2.24, 2.45) is 0 Å². The maximum absolute atomic E-state index is 10.0. The summed E-state index contributed by atoms with van der Waals surface area (Å²) in [6.45, 7) is 8.24. The van der Waals surface area contributed by atoms with E-state index in [4.69, 9.17) is 0 Å². The largest absolute Gasteiger partial charge is 1.00 e. The molecule has 0 spiro atoms. The molecule has 0 aliphatic carbocycles. The Hall–Kier alpha value is -6.71. The minimum absolute atomic E-state index is 0. The predicted octanol–water partition coefficient (Wildman–Crippen LogP) is 11.2. The average molecular weight is 926 g/mol. The molecule has 0 fully saturated rings. The number of hydrogen-bond acceptors (Lipinski definition) is 3. The van der Waals surface area contributed by atoms with E-state index in [0.29, 0.717) is 5.75 Å². The number of phenols is 3. The van der Waals surface area contributed by atoms with Gasteiger partial charge in [-0.2, -0.15) is 0 Å². The summed E-state index contributed by atoms with van der Waals surface area (Å²) >= 11 is 0. The number of aromatic hydroxyl groups is 3. The minimum atomic E-state index is -1.91. The van der Waals surface area contributed by atoms with Gasteiger partial charge < -0.3 is 32.3 Å². The molecular formula is C59H58BrO3P. The highest BCUT2D eigenvalue weighted by Crippen LogP contribution is 2.58. The van der Waals surface area contributed by atoms with Crippen LogP contribution in [0, 0.1) is 0 Å². The van der Waals surface area contributed by atoms with Crippen molar-refractivity contribution in [1.82, 2.24) is 0 Å². The molecule has 64 heavy (non-hydrogen) atoms. The Morgan fingerprint density at radius 3 is 1.11 bits per heavy atom. The summed E-state index contributed by atoms with van der Waals surface area (Å²) < 4.78 is 0. The fourth-order valence-electron chi connectivity index (χ4n) is 6.75. The lowest BCUT2D eigenvalue weighted by Gasteiger charge is -2.27. The first-order chi connectivity index (χ1) is 30.6. The summed E-state index contributed by atoms with van der Waals surface area (Å²) in [7, 11) is -1.91. The molecule has 3 N–H and O–H groups in total. The van der Waals surface area contributed by atoms with Gasteiger partial charge in [-0.3, -0.25) is 0 Å². The molecule has 0 radical (unpaired) electrons. The van der Waals surface area contributed by atoms with Gasteiger partial charge in [0.2, 0.25) is 0 Å². The molecule has 0 atom stereocenters. The number of hydrogen-bond donors (Lipinski definition) is 3. The third kappa shape index (κ3) is 16.5. The van der Waals surface area contributed by atoms with Crippen molar-refractivity contribution in [2.75, 3.05) is 0 Å². The molecular weight excluding hydrogens is 868 g/mol. The van der Waals surface area contributed by atoms with Crippen LogP contribution in [0.4, 0.5) is 0 Å². The molecule has 0 heterocycles. The second-order valence-electron chi connectivity index (χ2n) is 15.2. The van der Waals surface area contributed by atoms with E-state index in [1.807, 2.05) is 98.9 Å². The Morgan fingerprint density at radius 2 is 0.734 bits per heavy atom. The van der Waals surface area contributed by atoms with Crippen LogP contribution in [0.15, 0.2) is 259 Å². The molecule has 0 amide bonds. The summed E-state index contributed by atoms with van der Waals surface area (Å²) in [6, 6.07) is 54.5. The van der Waals surface area contributed by atoms with Crippen LogP contribution in [0.5, 0.6) is 17.2 Å². The zero-order chi connectivity index (χ0) is 44.7. The Kier molecular flexibility index (Phi) is 20.8. The number of phenolic OH excluding ortho intramolecular Hbond substituents is 3. The van der Waals surface area contributed by atoms with E-state index >= 15 is 0 Å². The van der Waals surface area contributed by atoms with E-state index < -0.39 is 7.26 Å².